The molecule has 0 heterocycles. The van der Waals surface area contributed by atoms with Crippen LogP contribution in [-0.2, 0) is 26.2 Å². The van der Waals surface area contributed by atoms with Gasteiger partial charge >= 0.3 is 0 Å². The predicted octanol–water partition coefficient (Wildman–Crippen LogP) is 4.90. The van der Waals surface area contributed by atoms with Crippen LogP contribution in [0.3, 0.4) is 0 Å². The summed E-state index contributed by atoms with van der Waals surface area (Å²) >= 11 is 0. The average Bonchev–Trinajstić information content (AvgIpc) is 3.49. The van der Waals surface area contributed by atoms with E-state index in [9.17, 15) is 22.4 Å². The Kier molecular flexibility index (Phi) is 9.99. The molecule has 218 valence electrons. The lowest BCUT2D eigenvalue weighted by Gasteiger charge is -2.32. The molecule has 8 nitrogen and oxygen atoms in total. The molecule has 1 fully saturated rings. The number of sulfonamides is 1. The van der Waals surface area contributed by atoms with E-state index in [0.717, 1.165) is 30.0 Å². The summed E-state index contributed by atoms with van der Waals surface area (Å²) in [7, 11) is -4.20. The van der Waals surface area contributed by atoms with Crippen molar-refractivity contribution in [2.75, 3.05) is 17.5 Å². The molecular formula is C31H36FN3O5S. The van der Waals surface area contributed by atoms with Gasteiger partial charge < -0.3 is 15.0 Å². The van der Waals surface area contributed by atoms with E-state index in [2.05, 4.69) is 5.32 Å². The van der Waals surface area contributed by atoms with E-state index in [1.165, 1.54) is 23.1 Å². The lowest BCUT2D eigenvalue weighted by Crippen LogP contribution is -2.52. The second kappa shape index (κ2) is 13.6. The summed E-state index contributed by atoms with van der Waals surface area (Å²) in [6.45, 7) is 3.05. The van der Waals surface area contributed by atoms with E-state index in [0.29, 0.717) is 12.4 Å². The van der Waals surface area contributed by atoms with Gasteiger partial charge in [0.25, 0.3) is 10.0 Å². The average molecular weight is 582 g/mol. The van der Waals surface area contributed by atoms with Gasteiger partial charge in [0.2, 0.25) is 11.8 Å². The SMILES string of the molecule is CCOc1ccc(S(=O)(=O)N(CC(=O)N(Cc2ccccc2F)[C@H](C)C(=O)NC2CCCC2)c2ccccc2)cc1. The molecule has 3 aromatic carbocycles. The third-order valence-corrected chi connectivity index (χ3v) is 9.00. The van der Waals surface area contributed by atoms with Crippen molar-refractivity contribution >= 4 is 27.5 Å². The first-order valence-corrected chi connectivity index (χ1v) is 15.3. The van der Waals surface area contributed by atoms with Gasteiger partial charge in [-0.3, -0.25) is 13.9 Å². The number of para-hydroxylation sites is 1. The molecule has 1 aliphatic rings. The Labute approximate surface area is 241 Å². The fourth-order valence-electron chi connectivity index (χ4n) is 4.91. The highest BCUT2D eigenvalue weighted by Gasteiger charge is 2.33. The first-order valence-electron chi connectivity index (χ1n) is 13.8. The number of ether oxygens (including phenoxy) is 1. The van der Waals surface area contributed by atoms with Crippen LogP contribution >= 0.6 is 0 Å². The van der Waals surface area contributed by atoms with Crippen LogP contribution in [0.4, 0.5) is 10.1 Å². The summed E-state index contributed by atoms with van der Waals surface area (Å²) < 4.78 is 48.9. The third kappa shape index (κ3) is 7.43. The van der Waals surface area contributed by atoms with Gasteiger partial charge in [0.1, 0.15) is 24.2 Å². The Morgan fingerprint density at radius 2 is 1.61 bits per heavy atom. The van der Waals surface area contributed by atoms with Crippen LogP contribution in [0.25, 0.3) is 0 Å². The van der Waals surface area contributed by atoms with Gasteiger partial charge in [0.05, 0.1) is 17.2 Å². The van der Waals surface area contributed by atoms with Crippen LogP contribution in [0.5, 0.6) is 5.75 Å². The fourth-order valence-corrected chi connectivity index (χ4v) is 6.32. The standard InChI is InChI=1S/C31H36FN3O5S/c1-3-40-27-17-19-28(20-18-27)41(38,39)35(26-14-5-4-6-15-26)22-30(36)34(21-24-11-7-10-16-29(24)32)23(2)31(37)33-25-12-8-9-13-25/h4-7,10-11,14-20,23,25H,3,8-9,12-13,21-22H2,1-2H3,(H,33,37)/t23-/m1/s1. The highest BCUT2D eigenvalue weighted by molar-refractivity contribution is 7.92. The molecule has 1 N–H and O–H groups in total. The maximum Gasteiger partial charge on any atom is 0.264 e. The van der Waals surface area contributed by atoms with E-state index in [1.807, 2.05) is 6.92 Å². The summed E-state index contributed by atoms with van der Waals surface area (Å²) in [5.74, 6) is -0.995. The van der Waals surface area contributed by atoms with Gasteiger partial charge in [-0.25, -0.2) is 12.8 Å². The topological polar surface area (TPSA) is 96.0 Å². The molecule has 0 spiro atoms. The first kappa shape index (κ1) is 30.0. The summed E-state index contributed by atoms with van der Waals surface area (Å²) in [6.07, 6.45) is 3.77. The van der Waals surface area contributed by atoms with E-state index in [4.69, 9.17) is 4.74 Å². The lowest BCUT2D eigenvalue weighted by molar-refractivity contribution is -0.139. The van der Waals surface area contributed by atoms with E-state index >= 15 is 0 Å². The minimum atomic E-state index is -4.20. The molecule has 0 radical (unpaired) electrons. The number of nitrogens with one attached hydrogen (secondary N) is 1. The molecule has 3 aromatic rings. The Balaban J connectivity index is 1.66. The minimum absolute atomic E-state index is 0.0229. The number of carbonyl (C=O) groups excluding carboxylic acids is 2. The van der Waals surface area contributed by atoms with E-state index in [1.54, 1.807) is 67.6 Å². The van der Waals surface area contributed by atoms with Gasteiger partial charge in [0, 0.05) is 18.2 Å². The maximum atomic E-state index is 14.7. The molecule has 1 aliphatic carbocycles. The highest BCUT2D eigenvalue weighted by atomic mass is 32.2. The molecule has 0 aliphatic heterocycles. The lowest BCUT2D eigenvalue weighted by atomic mass is 10.1. The first-order chi connectivity index (χ1) is 19.7. The largest absolute Gasteiger partial charge is 0.494 e. The Morgan fingerprint density at radius 3 is 2.24 bits per heavy atom. The summed E-state index contributed by atoms with van der Waals surface area (Å²) in [5.41, 5.74) is 0.505. The number of nitrogens with zero attached hydrogens (tertiary/aromatic N) is 2. The van der Waals surface area contributed by atoms with E-state index in [-0.39, 0.29) is 34.6 Å². The van der Waals surface area contributed by atoms with Gasteiger partial charge in [0.15, 0.2) is 0 Å². The second-order valence-electron chi connectivity index (χ2n) is 10.0. The van der Waals surface area contributed by atoms with Crippen molar-refractivity contribution in [3.63, 3.8) is 0 Å². The van der Waals surface area contributed by atoms with Crippen molar-refractivity contribution in [2.45, 2.75) is 63.1 Å². The zero-order valence-corrected chi connectivity index (χ0v) is 24.1. The molecule has 10 heteroatoms. The van der Waals surface area contributed by atoms with Crippen molar-refractivity contribution in [3.05, 3.63) is 90.2 Å². The highest BCUT2D eigenvalue weighted by Crippen LogP contribution is 2.26. The number of amides is 2. The molecule has 41 heavy (non-hydrogen) atoms. The monoisotopic (exact) mass is 581 g/mol. The molecule has 2 amide bonds. The smallest absolute Gasteiger partial charge is 0.264 e. The molecule has 0 aromatic heterocycles. The van der Waals surface area contributed by atoms with Crippen LogP contribution in [-0.4, -0.2) is 50.4 Å². The summed E-state index contributed by atoms with van der Waals surface area (Å²) in [4.78, 5) is 28.4. The molecule has 4 rings (SSSR count). The molecule has 0 unspecified atom stereocenters. The van der Waals surface area contributed by atoms with Crippen LogP contribution in [0.1, 0.15) is 45.1 Å². The molecule has 1 saturated carbocycles. The number of anilines is 1. The van der Waals surface area contributed by atoms with Gasteiger partial charge in [-0.15, -0.1) is 0 Å². The number of benzene rings is 3. The zero-order valence-electron chi connectivity index (χ0n) is 23.3. The molecule has 1 atom stereocenters. The Hall–Kier alpha value is -3.92. The number of hydrogen-bond donors (Lipinski definition) is 1. The molecule has 0 bridgehead atoms. The second-order valence-corrected chi connectivity index (χ2v) is 11.9. The number of rotatable bonds is 12. The number of hydrogen-bond acceptors (Lipinski definition) is 5. The van der Waals surface area contributed by atoms with Gasteiger partial charge in [-0.2, -0.15) is 0 Å². The van der Waals surface area contributed by atoms with E-state index < -0.39 is 34.3 Å². The maximum absolute atomic E-state index is 14.7. The van der Waals surface area contributed by atoms with Crippen LogP contribution in [0.2, 0.25) is 0 Å². The Morgan fingerprint density at radius 1 is 0.976 bits per heavy atom. The minimum Gasteiger partial charge on any atom is -0.494 e. The summed E-state index contributed by atoms with van der Waals surface area (Å²) in [5, 5.41) is 3.00. The Bertz CT molecular complexity index is 1430. The van der Waals surface area contributed by atoms with Gasteiger partial charge in [-0.05, 0) is 69.2 Å². The quantitative estimate of drug-likeness (QED) is 0.329. The number of halogens is 1. The van der Waals surface area contributed by atoms with Crippen molar-refractivity contribution in [1.82, 2.24) is 10.2 Å². The van der Waals surface area contributed by atoms with Crippen LogP contribution in [0, 0.1) is 5.82 Å². The third-order valence-electron chi connectivity index (χ3n) is 7.21. The van der Waals surface area contributed by atoms with Crippen molar-refractivity contribution in [2.24, 2.45) is 0 Å². The van der Waals surface area contributed by atoms with Crippen molar-refractivity contribution in [1.29, 1.82) is 0 Å². The summed E-state index contributed by atoms with van der Waals surface area (Å²) in [6, 6.07) is 19.3. The normalized spacial score (nSPS) is 14.3. The molecule has 0 saturated heterocycles. The number of carbonyl (C=O) groups is 2. The van der Waals surface area contributed by atoms with Crippen molar-refractivity contribution < 1.29 is 27.1 Å². The van der Waals surface area contributed by atoms with Crippen LogP contribution in [0.15, 0.2) is 83.8 Å². The molecular weight excluding hydrogens is 545 g/mol. The predicted molar refractivity (Wildman–Crippen MR) is 155 cm³/mol. The fraction of sp³-hybridized carbons (Fsp3) is 0.355. The van der Waals surface area contributed by atoms with Crippen LogP contribution < -0.4 is 14.4 Å². The van der Waals surface area contributed by atoms with Gasteiger partial charge in [-0.1, -0.05) is 49.2 Å². The van der Waals surface area contributed by atoms with Crippen molar-refractivity contribution in [3.8, 4) is 5.75 Å². The zero-order chi connectivity index (χ0) is 29.4.